The van der Waals surface area contributed by atoms with Gasteiger partial charge >= 0.3 is 5.69 Å². The first-order valence-corrected chi connectivity index (χ1v) is 8.36. The average Bonchev–Trinajstić information content (AvgIpc) is 2.96. The molecule has 2 heterocycles. The van der Waals surface area contributed by atoms with Gasteiger partial charge in [0, 0.05) is 31.9 Å². The van der Waals surface area contributed by atoms with Crippen LogP contribution in [0.25, 0.3) is 11.2 Å². The summed E-state index contributed by atoms with van der Waals surface area (Å²) in [5.41, 5.74) is -0.313. The second-order valence-corrected chi connectivity index (χ2v) is 6.49. The lowest BCUT2D eigenvalue weighted by Crippen LogP contribution is -2.37. The summed E-state index contributed by atoms with van der Waals surface area (Å²) in [6.45, 7) is 1.28. The predicted octanol–water partition coefficient (Wildman–Crippen LogP) is 0.942. The van der Waals surface area contributed by atoms with Crippen LogP contribution in [0, 0.1) is 17.0 Å². The summed E-state index contributed by atoms with van der Waals surface area (Å²) >= 11 is 6.08. The molecule has 0 unspecified atom stereocenters. The first-order valence-electron chi connectivity index (χ1n) is 7.98. The van der Waals surface area contributed by atoms with E-state index in [0.29, 0.717) is 11.3 Å². The summed E-state index contributed by atoms with van der Waals surface area (Å²) in [5, 5.41) is 13.3. The number of nitro benzene ring substituents is 1. The number of fused-ring (bicyclic) bond motifs is 1. The number of nitrogens with one attached hydrogen (secondary N) is 1. The molecule has 12 heteroatoms. The molecule has 0 saturated carbocycles. The van der Waals surface area contributed by atoms with Crippen molar-refractivity contribution in [2.45, 2.75) is 13.5 Å². The minimum Gasteiger partial charge on any atom is -0.324 e. The van der Waals surface area contributed by atoms with Crippen molar-refractivity contribution in [3.8, 4) is 0 Å². The number of benzene rings is 1. The Hall–Kier alpha value is -3.47. The molecule has 3 aromatic rings. The van der Waals surface area contributed by atoms with E-state index in [1.165, 1.54) is 36.9 Å². The Bertz CT molecular complexity index is 1260. The zero-order chi connectivity index (χ0) is 20.7. The molecule has 0 radical (unpaired) electrons. The molecule has 28 heavy (non-hydrogen) atoms. The number of imidazole rings is 1. The van der Waals surface area contributed by atoms with Gasteiger partial charge < -0.3 is 5.32 Å². The standard InChI is InChI=1S/C16H15ClN6O5/c1-8-6-9(23(27)28)4-5-10(8)18-11(24)7-22-12-13(19-15(22)17)20(2)16(26)21(3)14(12)25/h4-6H,7H2,1-3H3,(H,18,24). The molecule has 1 N–H and O–H groups in total. The van der Waals surface area contributed by atoms with E-state index in [9.17, 15) is 24.5 Å². The van der Waals surface area contributed by atoms with Crippen LogP contribution in [0.4, 0.5) is 11.4 Å². The minimum absolute atomic E-state index is 0.0187. The molecule has 3 rings (SSSR count). The summed E-state index contributed by atoms with van der Waals surface area (Å²) in [6, 6.07) is 4.02. The van der Waals surface area contributed by atoms with Crippen LogP contribution in [0.5, 0.6) is 0 Å². The van der Waals surface area contributed by atoms with Gasteiger partial charge in [-0.25, -0.2) is 4.79 Å². The maximum absolute atomic E-state index is 12.5. The summed E-state index contributed by atoms with van der Waals surface area (Å²) in [7, 11) is 2.76. The van der Waals surface area contributed by atoms with Crippen LogP contribution >= 0.6 is 11.6 Å². The number of aryl methyl sites for hydroxylation is 2. The molecule has 0 aliphatic rings. The van der Waals surface area contributed by atoms with Gasteiger partial charge in [0.15, 0.2) is 11.2 Å². The molecule has 0 aliphatic carbocycles. The summed E-state index contributed by atoms with van der Waals surface area (Å²) < 4.78 is 3.27. The highest BCUT2D eigenvalue weighted by Gasteiger charge is 2.20. The molecule has 0 saturated heterocycles. The fourth-order valence-corrected chi connectivity index (χ4v) is 3.02. The number of non-ortho nitro benzene ring substituents is 1. The summed E-state index contributed by atoms with van der Waals surface area (Å²) in [5.74, 6) is -0.519. The first kappa shape index (κ1) is 19.3. The number of rotatable bonds is 4. The number of nitro groups is 1. The van der Waals surface area contributed by atoms with Crippen molar-refractivity contribution in [3.63, 3.8) is 0 Å². The van der Waals surface area contributed by atoms with Crippen LogP contribution in [0.1, 0.15) is 5.56 Å². The van der Waals surface area contributed by atoms with Crippen molar-refractivity contribution in [1.29, 1.82) is 0 Å². The van der Waals surface area contributed by atoms with Gasteiger partial charge in [-0.05, 0) is 30.2 Å². The zero-order valence-corrected chi connectivity index (χ0v) is 15.9. The lowest BCUT2D eigenvalue weighted by molar-refractivity contribution is -0.384. The Labute approximate surface area is 161 Å². The number of anilines is 1. The van der Waals surface area contributed by atoms with Gasteiger partial charge in [0.05, 0.1) is 4.92 Å². The molecule has 2 aromatic heterocycles. The van der Waals surface area contributed by atoms with Crippen LogP contribution in [-0.4, -0.2) is 29.5 Å². The summed E-state index contributed by atoms with van der Waals surface area (Å²) in [4.78, 5) is 51.2. The van der Waals surface area contributed by atoms with E-state index in [4.69, 9.17) is 11.6 Å². The normalized spacial score (nSPS) is 11.0. The van der Waals surface area contributed by atoms with Crippen molar-refractivity contribution in [2.24, 2.45) is 14.1 Å². The van der Waals surface area contributed by atoms with E-state index in [2.05, 4.69) is 10.3 Å². The number of aromatic nitrogens is 4. The topological polar surface area (TPSA) is 134 Å². The quantitative estimate of drug-likeness (QED) is 0.389. The molecule has 0 spiro atoms. The number of nitrogens with zero attached hydrogens (tertiary/aromatic N) is 5. The Kier molecular flexibility index (Phi) is 4.77. The second kappa shape index (κ2) is 6.93. The van der Waals surface area contributed by atoms with Crippen LogP contribution in [-0.2, 0) is 25.4 Å². The van der Waals surface area contributed by atoms with Gasteiger partial charge in [0.25, 0.3) is 11.2 Å². The summed E-state index contributed by atoms with van der Waals surface area (Å²) in [6.07, 6.45) is 0. The van der Waals surface area contributed by atoms with E-state index in [-0.39, 0.29) is 28.7 Å². The predicted molar refractivity (Wildman–Crippen MR) is 102 cm³/mol. The van der Waals surface area contributed by atoms with E-state index in [1.54, 1.807) is 6.92 Å². The lowest BCUT2D eigenvalue weighted by atomic mass is 10.2. The number of amides is 1. The maximum Gasteiger partial charge on any atom is 0.332 e. The highest BCUT2D eigenvalue weighted by atomic mass is 35.5. The highest BCUT2D eigenvalue weighted by molar-refractivity contribution is 6.29. The third-order valence-corrected chi connectivity index (χ3v) is 4.59. The molecule has 0 bridgehead atoms. The molecule has 0 fully saturated rings. The Morgan fingerprint density at radius 3 is 2.57 bits per heavy atom. The highest BCUT2D eigenvalue weighted by Crippen LogP contribution is 2.22. The Morgan fingerprint density at radius 1 is 1.29 bits per heavy atom. The fourth-order valence-electron chi connectivity index (χ4n) is 2.80. The van der Waals surface area contributed by atoms with Crippen LogP contribution in [0.3, 0.4) is 0 Å². The minimum atomic E-state index is -0.628. The number of hydrogen-bond acceptors (Lipinski definition) is 6. The smallest absolute Gasteiger partial charge is 0.324 e. The third-order valence-electron chi connectivity index (χ3n) is 4.30. The van der Waals surface area contributed by atoms with Gasteiger partial charge in [-0.1, -0.05) is 0 Å². The van der Waals surface area contributed by atoms with Gasteiger partial charge in [-0.2, -0.15) is 4.98 Å². The van der Waals surface area contributed by atoms with Crippen molar-refractivity contribution in [3.05, 3.63) is 60.0 Å². The molecule has 1 aromatic carbocycles. The van der Waals surface area contributed by atoms with Gasteiger partial charge in [-0.3, -0.25) is 33.4 Å². The van der Waals surface area contributed by atoms with Crippen molar-refractivity contribution >= 4 is 40.0 Å². The van der Waals surface area contributed by atoms with E-state index < -0.39 is 22.1 Å². The molecule has 0 aliphatic heterocycles. The van der Waals surface area contributed by atoms with E-state index in [0.717, 1.165) is 9.13 Å². The SMILES string of the molecule is Cc1cc([N+](=O)[O-])ccc1NC(=O)Cn1c(Cl)nc2c1c(=O)n(C)c(=O)n2C. The fraction of sp³-hybridized carbons (Fsp3) is 0.250. The second-order valence-electron chi connectivity index (χ2n) is 6.15. The first-order chi connectivity index (χ1) is 13.1. The van der Waals surface area contributed by atoms with Crippen molar-refractivity contribution in [2.75, 3.05) is 5.32 Å². The average molecular weight is 407 g/mol. The lowest BCUT2D eigenvalue weighted by Gasteiger charge is -2.10. The molecule has 11 nitrogen and oxygen atoms in total. The third kappa shape index (κ3) is 3.16. The Balaban J connectivity index is 1.96. The van der Waals surface area contributed by atoms with Crippen LogP contribution in [0.15, 0.2) is 27.8 Å². The van der Waals surface area contributed by atoms with Crippen LogP contribution in [0.2, 0.25) is 5.28 Å². The largest absolute Gasteiger partial charge is 0.332 e. The molecule has 1 amide bonds. The van der Waals surface area contributed by atoms with Gasteiger partial charge in [0.2, 0.25) is 11.2 Å². The maximum atomic E-state index is 12.5. The zero-order valence-electron chi connectivity index (χ0n) is 15.1. The molecular weight excluding hydrogens is 392 g/mol. The number of hydrogen-bond donors (Lipinski definition) is 1. The van der Waals surface area contributed by atoms with Gasteiger partial charge in [-0.15, -0.1) is 0 Å². The number of carbonyl (C=O) groups is 1. The monoisotopic (exact) mass is 406 g/mol. The Morgan fingerprint density at radius 2 is 1.96 bits per heavy atom. The number of halogens is 1. The van der Waals surface area contributed by atoms with Crippen molar-refractivity contribution in [1.82, 2.24) is 18.7 Å². The van der Waals surface area contributed by atoms with Gasteiger partial charge in [0.1, 0.15) is 6.54 Å². The molecule has 146 valence electrons. The molecule has 0 atom stereocenters. The van der Waals surface area contributed by atoms with Crippen LogP contribution < -0.4 is 16.6 Å². The van der Waals surface area contributed by atoms with Crippen molar-refractivity contribution < 1.29 is 9.72 Å². The molecular formula is C16H15ClN6O5. The number of carbonyl (C=O) groups excluding carboxylic acids is 1. The van der Waals surface area contributed by atoms with E-state index in [1.807, 2.05) is 0 Å². The van der Waals surface area contributed by atoms with E-state index >= 15 is 0 Å².